The van der Waals surface area contributed by atoms with E-state index in [1.807, 2.05) is 24.3 Å². The fraction of sp³-hybridized carbons (Fsp3) is 0.296. The molecule has 4 rings (SSSR count). The lowest BCUT2D eigenvalue weighted by Gasteiger charge is -2.35. The van der Waals surface area contributed by atoms with Gasteiger partial charge < -0.3 is 10.1 Å². The van der Waals surface area contributed by atoms with E-state index in [0.29, 0.717) is 16.3 Å². The van der Waals surface area contributed by atoms with E-state index in [9.17, 15) is 9.59 Å². The van der Waals surface area contributed by atoms with Crippen molar-refractivity contribution < 1.29 is 14.3 Å². The van der Waals surface area contributed by atoms with Gasteiger partial charge in [-0.3, -0.25) is 14.5 Å². The van der Waals surface area contributed by atoms with Crippen molar-refractivity contribution in [3.63, 3.8) is 0 Å². The minimum absolute atomic E-state index is 0.0785. The molecule has 0 radical (unpaired) electrons. The number of halogens is 2. The fourth-order valence-corrected chi connectivity index (χ4v) is 4.45. The number of carbonyl (C=O) groups is 2. The SMILES string of the molecule is CC(C)(CN1CCOCC1)c1ccc(C(=O)Nc2ccccc2C(=O)N(Cl)c2ccc(Cl)cn2)cc1. The number of nitrogens with one attached hydrogen (secondary N) is 1. The third-order valence-electron chi connectivity index (χ3n) is 6.15. The molecule has 188 valence electrons. The van der Waals surface area contributed by atoms with Gasteiger partial charge in [0.15, 0.2) is 5.82 Å². The Morgan fingerprint density at radius 2 is 1.75 bits per heavy atom. The van der Waals surface area contributed by atoms with Gasteiger partial charge in [-0.1, -0.05) is 49.7 Å². The molecular formula is C27H28Cl2N4O3. The number of anilines is 2. The Balaban J connectivity index is 1.46. The van der Waals surface area contributed by atoms with Crippen LogP contribution in [0.2, 0.25) is 5.02 Å². The van der Waals surface area contributed by atoms with Crippen LogP contribution in [0.3, 0.4) is 0 Å². The zero-order chi connectivity index (χ0) is 25.7. The summed E-state index contributed by atoms with van der Waals surface area (Å²) in [7, 11) is 0. The van der Waals surface area contributed by atoms with Gasteiger partial charge in [0.1, 0.15) is 0 Å². The van der Waals surface area contributed by atoms with Crippen molar-refractivity contribution in [3.05, 3.63) is 88.6 Å². The smallest absolute Gasteiger partial charge is 0.276 e. The van der Waals surface area contributed by atoms with Crippen LogP contribution in [-0.4, -0.2) is 54.5 Å². The predicted octanol–water partition coefficient (Wildman–Crippen LogP) is 5.40. The van der Waals surface area contributed by atoms with Crippen LogP contribution in [-0.2, 0) is 10.2 Å². The van der Waals surface area contributed by atoms with Crippen LogP contribution in [0.25, 0.3) is 0 Å². The molecule has 0 aliphatic carbocycles. The molecule has 0 saturated carbocycles. The highest BCUT2D eigenvalue weighted by molar-refractivity contribution is 6.39. The lowest BCUT2D eigenvalue weighted by atomic mass is 9.83. The van der Waals surface area contributed by atoms with E-state index < -0.39 is 5.91 Å². The standard InChI is InChI=1S/C27H28Cl2N4O3/c1-27(2,18-32-13-15-36-16-14-32)20-9-7-19(8-10-20)25(34)31-23-6-4-3-5-22(23)26(35)33(29)24-12-11-21(28)17-30-24/h3-12,17H,13-16,18H2,1-2H3,(H,31,34). The molecule has 7 nitrogen and oxygen atoms in total. The summed E-state index contributed by atoms with van der Waals surface area (Å²) >= 11 is 12.1. The molecule has 1 saturated heterocycles. The van der Waals surface area contributed by atoms with Gasteiger partial charge >= 0.3 is 0 Å². The summed E-state index contributed by atoms with van der Waals surface area (Å²) in [6.45, 7) is 8.69. The van der Waals surface area contributed by atoms with E-state index in [1.54, 1.807) is 30.3 Å². The van der Waals surface area contributed by atoms with E-state index in [1.165, 1.54) is 12.3 Å². The van der Waals surface area contributed by atoms with Crippen molar-refractivity contribution in [1.82, 2.24) is 9.88 Å². The molecule has 1 aliphatic heterocycles. The Labute approximate surface area is 221 Å². The van der Waals surface area contributed by atoms with Crippen molar-refractivity contribution in [2.45, 2.75) is 19.3 Å². The summed E-state index contributed by atoms with van der Waals surface area (Å²) in [6, 6.07) is 17.4. The molecule has 0 atom stereocenters. The van der Waals surface area contributed by atoms with E-state index in [-0.39, 0.29) is 22.7 Å². The van der Waals surface area contributed by atoms with E-state index >= 15 is 0 Å². The van der Waals surface area contributed by atoms with Gasteiger partial charge in [-0.25, -0.2) is 4.98 Å². The number of para-hydroxylation sites is 1. The van der Waals surface area contributed by atoms with Gasteiger partial charge in [-0.15, -0.1) is 0 Å². The van der Waals surface area contributed by atoms with Crippen molar-refractivity contribution in [3.8, 4) is 0 Å². The maximum atomic E-state index is 13.0. The number of benzene rings is 2. The summed E-state index contributed by atoms with van der Waals surface area (Å²) in [6.07, 6.45) is 1.40. The molecular weight excluding hydrogens is 499 g/mol. The normalized spacial score (nSPS) is 14.3. The van der Waals surface area contributed by atoms with E-state index in [2.05, 4.69) is 29.0 Å². The summed E-state index contributed by atoms with van der Waals surface area (Å²) < 4.78 is 6.34. The number of ether oxygens (including phenoxy) is 1. The van der Waals surface area contributed by atoms with E-state index in [4.69, 9.17) is 28.1 Å². The number of rotatable bonds is 7. The first-order valence-corrected chi connectivity index (χ1v) is 12.4. The van der Waals surface area contributed by atoms with Crippen molar-refractivity contribution in [2.75, 3.05) is 42.6 Å². The molecule has 1 N–H and O–H groups in total. The molecule has 3 aromatic rings. The number of nitrogens with zero attached hydrogens (tertiary/aromatic N) is 3. The van der Waals surface area contributed by atoms with Crippen LogP contribution in [0.15, 0.2) is 66.9 Å². The number of morpholine rings is 1. The van der Waals surface area contributed by atoms with Crippen LogP contribution in [0.5, 0.6) is 0 Å². The number of hydrogen-bond donors (Lipinski definition) is 1. The molecule has 1 fully saturated rings. The Morgan fingerprint density at radius 1 is 1.06 bits per heavy atom. The highest BCUT2D eigenvalue weighted by Gasteiger charge is 2.26. The molecule has 36 heavy (non-hydrogen) atoms. The second kappa shape index (κ2) is 11.4. The second-order valence-electron chi connectivity index (χ2n) is 9.27. The zero-order valence-electron chi connectivity index (χ0n) is 20.2. The molecule has 0 bridgehead atoms. The third kappa shape index (κ3) is 6.23. The Kier molecular flexibility index (Phi) is 8.26. The Morgan fingerprint density at radius 3 is 2.42 bits per heavy atom. The molecule has 1 aromatic heterocycles. The van der Waals surface area contributed by atoms with Gasteiger partial charge in [0.25, 0.3) is 11.8 Å². The van der Waals surface area contributed by atoms with Crippen LogP contribution < -0.4 is 9.74 Å². The van der Waals surface area contributed by atoms with Crippen LogP contribution in [0, 0.1) is 0 Å². The maximum Gasteiger partial charge on any atom is 0.276 e. The fourth-order valence-electron chi connectivity index (χ4n) is 4.15. The molecule has 1 aliphatic rings. The topological polar surface area (TPSA) is 74.8 Å². The lowest BCUT2D eigenvalue weighted by molar-refractivity contribution is 0.0295. The predicted molar refractivity (Wildman–Crippen MR) is 143 cm³/mol. The first-order chi connectivity index (χ1) is 17.2. The Hall–Kier alpha value is -2.97. The lowest BCUT2D eigenvalue weighted by Crippen LogP contribution is -2.43. The molecule has 0 unspecified atom stereocenters. The maximum absolute atomic E-state index is 13.0. The number of carbonyl (C=O) groups excluding carboxylic acids is 2. The van der Waals surface area contributed by atoms with Gasteiger partial charge in [-0.2, -0.15) is 4.42 Å². The second-order valence-corrected chi connectivity index (χ2v) is 10.0. The van der Waals surface area contributed by atoms with Crippen molar-refractivity contribution >= 4 is 46.7 Å². The molecule has 9 heteroatoms. The summed E-state index contributed by atoms with van der Waals surface area (Å²) in [4.78, 5) is 32.5. The highest BCUT2D eigenvalue weighted by Crippen LogP contribution is 2.27. The summed E-state index contributed by atoms with van der Waals surface area (Å²) in [5.41, 5.74) is 2.15. The summed E-state index contributed by atoms with van der Waals surface area (Å²) in [5, 5.41) is 3.27. The van der Waals surface area contributed by atoms with Gasteiger partial charge in [0, 0.05) is 48.6 Å². The Bertz CT molecular complexity index is 1210. The molecule has 0 spiro atoms. The average molecular weight is 527 g/mol. The molecule has 2 aromatic carbocycles. The molecule has 2 amide bonds. The minimum atomic E-state index is -0.525. The van der Waals surface area contributed by atoms with Gasteiger partial charge in [-0.05, 0) is 42.0 Å². The first kappa shape index (κ1) is 26.1. The number of aromatic nitrogens is 1. The number of amides is 2. The van der Waals surface area contributed by atoms with Crippen molar-refractivity contribution in [1.29, 1.82) is 0 Å². The third-order valence-corrected chi connectivity index (χ3v) is 6.70. The highest BCUT2D eigenvalue weighted by atomic mass is 35.5. The monoisotopic (exact) mass is 526 g/mol. The minimum Gasteiger partial charge on any atom is -0.379 e. The number of hydrogen-bond acceptors (Lipinski definition) is 5. The van der Waals surface area contributed by atoms with Crippen LogP contribution in [0.1, 0.15) is 40.1 Å². The quantitative estimate of drug-likeness (QED) is 0.417. The largest absolute Gasteiger partial charge is 0.379 e. The number of pyridine rings is 1. The van der Waals surface area contributed by atoms with Crippen molar-refractivity contribution in [2.24, 2.45) is 0 Å². The van der Waals surface area contributed by atoms with Gasteiger partial charge in [0.05, 0.1) is 29.5 Å². The van der Waals surface area contributed by atoms with Gasteiger partial charge in [0.2, 0.25) is 0 Å². The summed E-state index contributed by atoms with van der Waals surface area (Å²) in [5.74, 6) is -0.622. The van der Waals surface area contributed by atoms with Crippen LogP contribution >= 0.6 is 23.4 Å². The molecule has 2 heterocycles. The first-order valence-electron chi connectivity index (χ1n) is 11.7. The zero-order valence-corrected chi connectivity index (χ0v) is 21.7. The average Bonchev–Trinajstić information content (AvgIpc) is 2.89. The van der Waals surface area contributed by atoms with Crippen LogP contribution in [0.4, 0.5) is 11.5 Å². The van der Waals surface area contributed by atoms with E-state index in [0.717, 1.165) is 42.8 Å².